The lowest BCUT2D eigenvalue weighted by molar-refractivity contribution is 0.0941. The molecule has 0 radical (unpaired) electrons. The van der Waals surface area contributed by atoms with Crippen LogP contribution >= 0.6 is 11.8 Å². The molecule has 2 aromatic rings. The van der Waals surface area contributed by atoms with Gasteiger partial charge >= 0.3 is 5.69 Å². The number of aromatic amines is 1. The van der Waals surface area contributed by atoms with Crippen LogP contribution in [0.25, 0.3) is 0 Å². The maximum atomic E-state index is 11.8. The highest BCUT2D eigenvalue weighted by Crippen LogP contribution is 2.18. The summed E-state index contributed by atoms with van der Waals surface area (Å²) in [5, 5.41) is 7.28. The zero-order chi connectivity index (χ0) is 15.2. The van der Waals surface area contributed by atoms with Crippen molar-refractivity contribution in [3.8, 4) is 5.75 Å². The number of rotatable bonds is 7. The first kappa shape index (κ1) is 15.2. The third-order valence-corrected chi connectivity index (χ3v) is 4.40. The van der Waals surface area contributed by atoms with Crippen molar-refractivity contribution in [2.75, 3.05) is 19.0 Å². The van der Waals surface area contributed by atoms with E-state index >= 15 is 0 Å². The van der Waals surface area contributed by atoms with Crippen molar-refractivity contribution in [3.05, 3.63) is 40.8 Å². The van der Waals surface area contributed by atoms with Crippen molar-refractivity contribution >= 4 is 11.8 Å². The van der Waals surface area contributed by atoms with Gasteiger partial charge < -0.3 is 9.47 Å². The third-order valence-electron chi connectivity index (χ3n) is 3.46. The number of thioether (sulfide) groups is 1. The summed E-state index contributed by atoms with van der Waals surface area (Å²) in [6.07, 6.45) is 2.18. The van der Waals surface area contributed by atoms with Gasteiger partial charge in [0.1, 0.15) is 5.75 Å². The lowest BCUT2D eigenvalue weighted by Crippen LogP contribution is -2.25. The second-order valence-electron chi connectivity index (χ2n) is 5.07. The summed E-state index contributed by atoms with van der Waals surface area (Å²) in [7, 11) is 0. The molecule has 1 aliphatic rings. The number of hydrogen-bond donors (Lipinski definition) is 1. The minimum absolute atomic E-state index is 0.121. The smallest absolute Gasteiger partial charge is 0.344 e. The number of ether oxygens (including phenoxy) is 2. The highest BCUT2D eigenvalue weighted by atomic mass is 32.2. The first-order chi connectivity index (χ1) is 10.8. The summed E-state index contributed by atoms with van der Waals surface area (Å²) in [5.74, 6) is 1.58. The van der Waals surface area contributed by atoms with Crippen LogP contribution in [0.3, 0.4) is 0 Å². The van der Waals surface area contributed by atoms with E-state index in [9.17, 15) is 4.79 Å². The van der Waals surface area contributed by atoms with Crippen molar-refractivity contribution in [1.82, 2.24) is 14.8 Å². The second-order valence-corrected chi connectivity index (χ2v) is 6.13. The highest BCUT2D eigenvalue weighted by Gasteiger charge is 2.19. The van der Waals surface area contributed by atoms with Crippen LogP contribution in [0.5, 0.6) is 5.75 Å². The Kier molecular flexibility index (Phi) is 5.18. The van der Waals surface area contributed by atoms with Crippen LogP contribution in [0.2, 0.25) is 0 Å². The van der Waals surface area contributed by atoms with Crippen LogP contribution in [-0.2, 0) is 11.3 Å². The normalized spacial score (nSPS) is 17.7. The zero-order valence-electron chi connectivity index (χ0n) is 12.2. The Morgan fingerprint density at radius 2 is 2.27 bits per heavy atom. The summed E-state index contributed by atoms with van der Waals surface area (Å²) in [4.78, 5) is 11.8. The molecule has 1 aromatic carbocycles. The highest BCUT2D eigenvalue weighted by molar-refractivity contribution is 7.99. The van der Waals surface area contributed by atoms with E-state index in [1.165, 1.54) is 11.8 Å². The Bertz CT molecular complexity index is 635. The Labute approximate surface area is 132 Å². The fourth-order valence-corrected chi connectivity index (χ4v) is 3.15. The van der Waals surface area contributed by atoms with Crippen molar-refractivity contribution < 1.29 is 9.47 Å². The Balaban J connectivity index is 1.51. The van der Waals surface area contributed by atoms with Crippen LogP contribution in [0.4, 0.5) is 0 Å². The number of aromatic nitrogens is 3. The monoisotopic (exact) mass is 321 g/mol. The van der Waals surface area contributed by atoms with Gasteiger partial charge in [0.15, 0.2) is 5.16 Å². The SMILES string of the molecule is O=c1[nH]nc(SCCOc2ccccc2)n1C[C@@H]1CCCO1. The zero-order valence-corrected chi connectivity index (χ0v) is 13.1. The van der Waals surface area contributed by atoms with E-state index in [2.05, 4.69) is 10.2 Å². The van der Waals surface area contributed by atoms with E-state index in [1.54, 1.807) is 4.57 Å². The molecule has 2 heterocycles. The molecule has 0 aliphatic carbocycles. The summed E-state index contributed by atoms with van der Waals surface area (Å²) in [6, 6.07) is 9.68. The molecule has 6 nitrogen and oxygen atoms in total. The molecule has 1 aromatic heterocycles. The predicted octanol–water partition coefficient (Wildman–Crippen LogP) is 1.92. The fourth-order valence-electron chi connectivity index (χ4n) is 2.38. The van der Waals surface area contributed by atoms with Gasteiger partial charge in [-0.1, -0.05) is 30.0 Å². The molecule has 0 bridgehead atoms. The second kappa shape index (κ2) is 7.51. The van der Waals surface area contributed by atoms with E-state index in [0.717, 1.165) is 31.0 Å². The molecule has 1 N–H and O–H groups in total. The minimum atomic E-state index is -0.179. The Morgan fingerprint density at radius 1 is 1.41 bits per heavy atom. The van der Waals surface area contributed by atoms with Crippen LogP contribution in [0.15, 0.2) is 40.3 Å². The molecule has 0 spiro atoms. The summed E-state index contributed by atoms with van der Waals surface area (Å²) in [5.41, 5.74) is -0.179. The first-order valence-electron chi connectivity index (χ1n) is 7.40. The molecule has 1 atom stereocenters. The average Bonchev–Trinajstić information content (AvgIpc) is 3.17. The standard InChI is InChI=1S/C15H19N3O3S/c19-14-16-17-15(18(14)11-13-7-4-8-20-13)22-10-9-21-12-5-2-1-3-6-12/h1-3,5-6,13H,4,7-11H2,(H,16,19)/t13-/m0/s1. The Morgan fingerprint density at radius 3 is 3.05 bits per heavy atom. The summed E-state index contributed by atoms with van der Waals surface area (Å²) < 4.78 is 12.9. The first-order valence-corrected chi connectivity index (χ1v) is 8.39. The van der Waals surface area contributed by atoms with Gasteiger partial charge in [0, 0.05) is 12.4 Å². The van der Waals surface area contributed by atoms with Crippen molar-refractivity contribution in [1.29, 1.82) is 0 Å². The topological polar surface area (TPSA) is 69.1 Å². The van der Waals surface area contributed by atoms with Crippen LogP contribution in [-0.4, -0.2) is 39.8 Å². The van der Waals surface area contributed by atoms with E-state index < -0.39 is 0 Å². The average molecular weight is 321 g/mol. The molecule has 118 valence electrons. The van der Waals surface area contributed by atoms with E-state index in [-0.39, 0.29) is 11.8 Å². The van der Waals surface area contributed by atoms with Crippen LogP contribution in [0.1, 0.15) is 12.8 Å². The molecular formula is C15H19N3O3S. The van der Waals surface area contributed by atoms with Gasteiger partial charge in [-0.3, -0.25) is 4.57 Å². The maximum Gasteiger partial charge on any atom is 0.344 e. The largest absolute Gasteiger partial charge is 0.493 e. The number of H-pyrrole nitrogens is 1. The fraction of sp³-hybridized carbons (Fsp3) is 0.467. The van der Waals surface area contributed by atoms with Crippen LogP contribution in [0, 0.1) is 0 Å². The number of nitrogens with one attached hydrogen (secondary N) is 1. The number of hydrogen-bond acceptors (Lipinski definition) is 5. The van der Waals surface area contributed by atoms with Gasteiger partial charge in [-0.15, -0.1) is 5.10 Å². The molecule has 1 saturated heterocycles. The van der Waals surface area contributed by atoms with Gasteiger partial charge in [-0.25, -0.2) is 9.89 Å². The maximum absolute atomic E-state index is 11.8. The van der Waals surface area contributed by atoms with Gasteiger partial charge in [0.05, 0.1) is 19.3 Å². The quantitative estimate of drug-likeness (QED) is 0.623. The van der Waals surface area contributed by atoms with Gasteiger partial charge in [0.2, 0.25) is 0 Å². The predicted molar refractivity (Wildman–Crippen MR) is 84.5 cm³/mol. The molecule has 0 amide bonds. The van der Waals surface area contributed by atoms with Gasteiger partial charge in [-0.2, -0.15) is 0 Å². The molecule has 3 rings (SSSR count). The van der Waals surface area contributed by atoms with Crippen molar-refractivity contribution in [3.63, 3.8) is 0 Å². The molecule has 0 unspecified atom stereocenters. The van der Waals surface area contributed by atoms with Crippen molar-refractivity contribution in [2.24, 2.45) is 0 Å². The van der Waals surface area contributed by atoms with E-state index in [0.29, 0.717) is 18.3 Å². The molecule has 1 fully saturated rings. The van der Waals surface area contributed by atoms with Gasteiger partial charge in [-0.05, 0) is 25.0 Å². The Hall–Kier alpha value is -1.73. The molecule has 0 saturated carbocycles. The van der Waals surface area contributed by atoms with Crippen LogP contribution < -0.4 is 10.4 Å². The number of benzene rings is 1. The molecule has 22 heavy (non-hydrogen) atoms. The molecular weight excluding hydrogens is 302 g/mol. The lowest BCUT2D eigenvalue weighted by atomic mass is 10.2. The minimum Gasteiger partial charge on any atom is -0.493 e. The molecule has 7 heteroatoms. The van der Waals surface area contributed by atoms with Crippen molar-refractivity contribution in [2.45, 2.75) is 30.6 Å². The van der Waals surface area contributed by atoms with E-state index in [1.807, 2.05) is 30.3 Å². The lowest BCUT2D eigenvalue weighted by Gasteiger charge is -2.11. The van der Waals surface area contributed by atoms with Gasteiger partial charge in [0.25, 0.3) is 0 Å². The summed E-state index contributed by atoms with van der Waals surface area (Å²) >= 11 is 1.51. The molecule has 1 aliphatic heterocycles. The third kappa shape index (κ3) is 3.92. The summed E-state index contributed by atoms with van der Waals surface area (Å²) in [6.45, 7) is 1.91. The number of para-hydroxylation sites is 1. The van der Waals surface area contributed by atoms with E-state index in [4.69, 9.17) is 9.47 Å². The number of nitrogens with zero attached hydrogens (tertiary/aromatic N) is 2.